The second-order valence-electron chi connectivity index (χ2n) is 4.65. The van der Waals surface area contributed by atoms with Gasteiger partial charge in [0.2, 0.25) is 10.0 Å². The first kappa shape index (κ1) is 15.2. The van der Waals surface area contributed by atoms with Gasteiger partial charge >= 0.3 is 5.97 Å². The summed E-state index contributed by atoms with van der Waals surface area (Å²) in [6, 6.07) is 4.05. The maximum absolute atomic E-state index is 12.6. The summed E-state index contributed by atoms with van der Waals surface area (Å²) in [6.45, 7) is 1.78. The van der Waals surface area contributed by atoms with Crippen LogP contribution in [-0.4, -0.2) is 41.0 Å². The van der Waals surface area contributed by atoms with E-state index in [1.165, 1.54) is 31.4 Å². The van der Waals surface area contributed by atoms with Gasteiger partial charge in [-0.1, -0.05) is 6.07 Å². The molecule has 0 unspecified atom stereocenters. The minimum Gasteiger partial charge on any atom is -0.478 e. The van der Waals surface area contributed by atoms with Crippen molar-refractivity contribution in [1.82, 2.24) is 14.5 Å². The average molecular weight is 309 g/mol. The predicted octanol–water partition coefficient (Wildman–Crippen LogP) is 1.24. The van der Waals surface area contributed by atoms with E-state index in [1.807, 2.05) is 0 Å². The van der Waals surface area contributed by atoms with E-state index in [-0.39, 0.29) is 17.0 Å². The van der Waals surface area contributed by atoms with Crippen LogP contribution in [0.3, 0.4) is 0 Å². The minimum atomic E-state index is -3.77. The van der Waals surface area contributed by atoms with Crippen molar-refractivity contribution in [2.24, 2.45) is 0 Å². The Morgan fingerprint density at radius 3 is 2.71 bits per heavy atom. The summed E-state index contributed by atoms with van der Waals surface area (Å²) in [6.07, 6.45) is 3.14. The van der Waals surface area contributed by atoms with Gasteiger partial charge in [-0.05, 0) is 24.6 Å². The second kappa shape index (κ2) is 5.66. The quantitative estimate of drug-likeness (QED) is 0.864. The monoisotopic (exact) mass is 309 g/mol. The van der Waals surface area contributed by atoms with Crippen LogP contribution in [0.1, 0.15) is 21.5 Å². The van der Waals surface area contributed by atoms with Gasteiger partial charge in [0.05, 0.1) is 16.7 Å². The fourth-order valence-electron chi connectivity index (χ4n) is 1.89. The van der Waals surface area contributed by atoms with Gasteiger partial charge in [-0.2, -0.15) is 9.40 Å². The van der Waals surface area contributed by atoms with Crippen LogP contribution in [0.5, 0.6) is 0 Å². The Bertz CT molecular complexity index is 754. The molecular formula is C13H15N3O4S. The number of aromatic carboxylic acids is 1. The van der Waals surface area contributed by atoms with Crippen molar-refractivity contribution in [2.45, 2.75) is 18.4 Å². The highest BCUT2D eigenvalue weighted by Gasteiger charge is 2.24. The number of H-pyrrole nitrogens is 1. The highest BCUT2D eigenvalue weighted by molar-refractivity contribution is 7.89. The lowest BCUT2D eigenvalue weighted by atomic mass is 10.1. The standard InChI is InChI=1S/C13H15N3O4S/c1-9-3-4-11(13(17)18)5-12(9)21(19,20)16(2)8-10-6-14-15-7-10/h3-7H,8H2,1-2H3,(H,14,15)(H,17,18). The molecular weight excluding hydrogens is 294 g/mol. The number of nitrogens with one attached hydrogen (secondary N) is 1. The number of benzene rings is 1. The number of sulfonamides is 1. The topological polar surface area (TPSA) is 103 Å². The maximum Gasteiger partial charge on any atom is 0.335 e. The molecule has 0 fully saturated rings. The Morgan fingerprint density at radius 2 is 2.14 bits per heavy atom. The molecule has 0 aliphatic heterocycles. The van der Waals surface area contributed by atoms with Crippen molar-refractivity contribution >= 4 is 16.0 Å². The molecule has 2 aromatic rings. The molecule has 7 nitrogen and oxygen atoms in total. The van der Waals surface area contributed by atoms with E-state index in [0.29, 0.717) is 11.1 Å². The fraction of sp³-hybridized carbons (Fsp3) is 0.231. The van der Waals surface area contributed by atoms with Crippen molar-refractivity contribution in [3.8, 4) is 0 Å². The number of carboxylic acid groups (broad SMARTS) is 1. The van der Waals surface area contributed by atoms with Gasteiger partial charge in [0.25, 0.3) is 0 Å². The first-order chi connectivity index (χ1) is 9.82. The van der Waals surface area contributed by atoms with E-state index in [9.17, 15) is 13.2 Å². The molecule has 112 valence electrons. The molecule has 2 N–H and O–H groups in total. The Hall–Kier alpha value is -2.19. The molecule has 1 aromatic carbocycles. The summed E-state index contributed by atoms with van der Waals surface area (Å²) in [5.74, 6) is -1.16. The maximum atomic E-state index is 12.6. The zero-order chi connectivity index (χ0) is 15.6. The van der Waals surface area contributed by atoms with Gasteiger partial charge in [-0.25, -0.2) is 13.2 Å². The van der Waals surface area contributed by atoms with Crippen molar-refractivity contribution < 1.29 is 18.3 Å². The number of aryl methyl sites for hydroxylation is 1. The molecule has 1 heterocycles. The lowest BCUT2D eigenvalue weighted by Gasteiger charge is -2.18. The van der Waals surface area contributed by atoms with Crippen LogP contribution >= 0.6 is 0 Å². The first-order valence-electron chi connectivity index (χ1n) is 6.10. The summed E-state index contributed by atoms with van der Waals surface area (Å²) in [7, 11) is -2.33. The van der Waals surface area contributed by atoms with E-state index >= 15 is 0 Å². The van der Waals surface area contributed by atoms with Crippen LogP contribution in [-0.2, 0) is 16.6 Å². The third-order valence-corrected chi connectivity index (χ3v) is 5.03. The molecule has 21 heavy (non-hydrogen) atoms. The van der Waals surface area contributed by atoms with Crippen LogP contribution in [0, 0.1) is 6.92 Å². The molecule has 0 spiro atoms. The van der Waals surface area contributed by atoms with Crippen LogP contribution in [0.25, 0.3) is 0 Å². The summed E-state index contributed by atoms with van der Waals surface area (Å²) in [4.78, 5) is 11.0. The molecule has 1 aromatic heterocycles. The Labute approximate surface area is 122 Å². The number of carboxylic acids is 1. The van der Waals surface area contributed by atoms with Crippen LogP contribution in [0.4, 0.5) is 0 Å². The Kier molecular flexibility index (Phi) is 4.10. The van der Waals surface area contributed by atoms with E-state index in [1.54, 1.807) is 13.1 Å². The summed E-state index contributed by atoms with van der Waals surface area (Å²) in [5.41, 5.74) is 1.16. The number of aromatic amines is 1. The largest absolute Gasteiger partial charge is 0.478 e. The molecule has 0 saturated heterocycles. The van der Waals surface area contributed by atoms with E-state index < -0.39 is 16.0 Å². The molecule has 0 aliphatic carbocycles. The SMILES string of the molecule is Cc1ccc(C(=O)O)cc1S(=O)(=O)N(C)Cc1cn[nH]c1. The number of rotatable bonds is 5. The van der Waals surface area contributed by atoms with Crippen LogP contribution < -0.4 is 0 Å². The van der Waals surface area contributed by atoms with Crippen LogP contribution in [0.15, 0.2) is 35.5 Å². The summed E-state index contributed by atoms with van der Waals surface area (Å²) in [5, 5.41) is 15.4. The molecule has 8 heteroatoms. The number of hydrogen-bond donors (Lipinski definition) is 2. The fourth-order valence-corrected chi connectivity index (χ4v) is 3.29. The number of hydrogen-bond acceptors (Lipinski definition) is 4. The van der Waals surface area contributed by atoms with Gasteiger partial charge in [-0.15, -0.1) is 0 Å². The third-order valence-electron chi connectivity index (χ3n) is 3.08. The zero-order valence-electron chi connectivity index (χ0n) is 11.6. The number of aromatic nitrogens is 2. The molecule has 0 bridgehead atoms. The second-order valence-corrected chi connectivity index (χ2v) is 6.67. The molecule has 0 radical (unpaired) electrons. The average Bonchev–Trinajstić information content (AvgIpc) is 2.91. The Balaban J connectivity index is 2.38. The van der Waals surface area contributed by atoms with Crippen molar-refractivity contribution in [3.63, 3.8) is 0 Å². The smallest absolute Gasteiger partial charge is 0.335 e. The molecule has 0 amide bonds. The summed E-state index contributed by atoms with van der Waals surface area (Å²) >= 11 is 0. The van der Waals surface area contributed by atoms with Gasteiger partial charge in [0.1, 0.15) is 0 Å². The first-order valence-corrected chi connectivity index (χ1v) is 7.54. The zero-order valence-corrected chi connectivity index (χ0v) is 12.4. The van der Waals surface area contributed by atoms with Crippen molar-refractivity contribution in [1.29, 1.82) is 0 Å². The molecule has 0 aliphatic rings. The lowest BCUT2D eigenvalue weighted by molar-refractivity contribution is 0.0696. The third kappa shape index (κ3) is 3.11. The van der Waals surface area contributed by atoms with E-state index in [4.69, 9.17) is 5.11 Å². The normalized spacial score (nSPS) is 11.8. The molecule has 2 rings (SSSR count). The minimum absolute atomic E-state index is 0.00612. The number of nitrogens with zero attached hydrogens (tertiary/aromatic N) is 2. The van der Waals surface area contributed by atoms with Crippen LogP contribution in [0.2, 0.25) is 0 Å². The molecule has 0 saturated carbocycles. The van der Waals surface area contributed by atoms with Gasteiger partial charge in [-0.3, -0.25) is 5.10 Å². The highest BCUT2D eigenvalue weighted by Crippen LogP contribution is 2.21. The van der Waals surface area contributed by atoms with Gasteiger partial charge in [0, 0.05) is 25.4 Å². The summed E-state index contributed by atoms with van der Waals surface area (Å²) < 4.78 is 26.3. The lowest BCUT2D eigenvalue weighted by Crippen LogP contribution is -2.27. The van der Waals surface area contributed by atoms with Gasteiger partial charge in [0.15, 0.2) is 0 Å². The van der Waals surface area contributed by atoms with Crippen molar-refractivity contribution in [2.75, 3.05) is 7.05 Å². The van der Waals surface area contributed by atoms with Gasteiger partial charge < -0.3 is 5.11 Å². The van der Waals surface area contributed by atoms with E-state index in [2.05, 4.69) is 10.2 Å². The van der Waals surface area contributed by atoms with E-state index in [0.717, 1.165) is 4.31 Å². The number of carbonyl (C=O) groups is 1. The van der Waals surface area contributed by atoms with Crippen molar-refractivity contribution in [3.05, 3.63) is 47.3 Å². The highest BCUT2D eigenvalue weighted by atomic mass is 32.2. The Morgan fingerprint density at radius 1 is 1.43 bits per heavy atom. The molecule has 0 atom stereocenters. The predicted molar refractivity (Wildman–Crippen MR) is 75.4 cm³/mol.